The number of piperidine rings is 1. The second kappa shape index (κ2) is 5.14. The lowest BCUT2D eigenvalue weighted by molar-refractivity contribution is 0.0375. The molecule has 2 N–H and O–H groups in total. The van der Waals surface area contributed by atoms with Gasteiger partial charge in [-0.1, -0.05) is 6.07 Å². The lowest BCUT2D eigenvalue weighted by Gasteiger charge is -2.33. The molecule has 0 spiro atoms. The number of pyridine rings is 1. The van der Waals surface area contributed by atoms with E-state index >= 15 is 0 Å². The number of aliphatic hydroxyl groups excluding tert-OH is 2. The molecule has 3 rings (SSSR count). The van der Waals surface area contributed by atoms with Crippen LogP contribution in [0.15, 0.2) is 24.4 Å². The second-order valence-corrected chi connectivity index (χ2v) is 5.00. The van der Waals surface area contributed by atoms with E-state index in [1.165, 1.54) is 0 Å². The number of anilines is 1. The Hall–Kier alpha value is -1.66. The average molecular weight is 262 g/mol. The van der Waals surface area contributed by atoms with Gasteiger partial charge in [0.15, 0.2) is 5.65 Å². The Labute approximate surface area is 111 Å². The van der Waals surface area contributed by atoms with Gasteiger partial charge in [0.2, 0.25) is 5.95 Å². The molecule has 6 nitrogen and oxygen atoms in total. The van der Waals surface area contributed by atoms with Crippen LogP contribution in [0, 0.1) is 5.92 Å². The SMILES string of the molecule is OCC(O)C1CCN(c2nnc3ccccn23)CC1. The van der Waals surface area contributed by atoms with Crippen molar-refractivity contribution in [1.29, 1.82) is 0 Å². The van der Waals surface area contributed by atoms with Crippen LogP contribution in [0.4, 0.5) is 5.95 Å². The molecule has 0 aromatic carbocycles. The summed E-state index contributed by atoms with van der Waals surface area (Å²) in [5.41, 5.74) is 0.843. The predicted octanol–water partition coefficient (Wildman–Crippen LogP) is 0.299. The highest BCUT2D eigenvalue weighted by Crippen LogP contribution is 2.24. The minimum Gasteiger partial charge on any atom is -0.394 e. The van der Waals surface area contributed by atoms with E-state index in [1.54, 1.807) is 0 Å². The van der Waals surface area contributed by atoms with Gasteiger partial charge in [0.05, 0.1) is 12.7 Å². The fourth-order valence-electron chi connectivity index (χ4n) is 2.68. The quantitative estimate of drug-likeness (QED) is 0.832. The predicted molar refractivity (Wildman–Crippen MR) is 71.0 cm³/mol. The van der Waals surface area contributed by atoms with Gasteiger partial charge in [-0.3, -0.25) is 4.40 Å². The molecule has 2 aromatic rings. The molecule has 0 radical (unpaired) electrons. The van der Waals surface area contributed by atoms with Gasteiger partial charge < -0.3 is 15.1 Å². The highest BCUT2D eigenvalue weighted by atomic mass is 16.3. The van der Waals surface area contributed by atoms with E-state index in [1.807, 2.05) is 28.8 Å². The topological polar surface area (TPSA) is 73.9 Å². The lowest BCUT2D eigenvalue weighted by Crippen LogP contribution is -2.39. The van der Waals surface area contributed by atoms with Gasteiger partial charge in [-0.25, -0.2) is 0 Å². The summed E-state index contributed by atoms with van der Waals surface area (Å²) in [7, 11) is 0. The summed E-state index contributed by atoms with van der Waals surface area (Å²) in [6, 6.07) is 5.83. The summed E-state index contributed by atoms with van der Waals surface area (Å²) < 4.78 is 1.97. The molecule has 0 bridgehead atoms. The summed E-state index contributed by atoms with van der Waals surface area (Å²) in [6.07, 6.45) is 3.09. The molecule has 6 heteroatoms. The number of fused-ring (bicyclic) bond motifs is 1. The number of hydrogen-bond donors (Lipinski definition) is 2. The molecule has 19 heavy (non-hydrogen) atoms. The third-order valence-corrected chi connectivity index (χ3v) is 3.85. The molecule has 1 aliphatic heterocycles. The van der Waals surface area contributed by atoms with Crippen LogP contribution in [-0.2, 0) is 0 Å². The monoisotopic (exact) mass is 262 g/mol. The molecule has 1 fully saturated rings. The lowest BCUT2D eigenvalue weighted by atomic mass is 9.92. The van der Waals surface area contributed by atoms with Crippen LogP contribution >= 0.6 is 0 Å². The molecule has 1 atom stereocenters. The van der Waals surface area contributed by atoms with Crippen molar-refractivity contribution in [3.05, 3.63) is 24.4 Å². The van der Waals surface area contributed by atoms with Gasteiger partial charge >= 0.3 is 0 Å². The van der Waals surface area contributed by atoms with Crippen LogP contribution < -0.4 is 4.90 Å². The van der Waals surface area contributed by atoms with Gasteiger partial charge in [-0.15, -0.1) is 10.2 Å². The smallest absolute Gasteiger partial charge is 0.231 e. The zero-order chi connectivity index (χ0) is 13.2. The van der Waals surface area contributed by atoms with E-state index in [0.717, 1.165) is 37.5 Å². The third kappa shape index (κ3) is 2.29. The average Bonchev–Trinajstić information content (AvgIpc) is 2.90. The van der Waals surface area contributed by atoms with E-state index < -0.39 is 6.10 Å². The Morgan fingerprint density at radius 1 is 1.26 bits per heavy atom. The maximum atomic E-state index is 9.67. The summed E-state index contributed by atoms with van der Waals surface area (Å²) in [5, 5.41) is 27.0. The van der Waals surface area contributed by atoms with E-state index in [9.17, 15) is 5.11 Å². The molecule has 0 aliphatic carbocycles. The molecule has 0 amide bonds. The number of aliphatic hydroxyl groups is 2. The zero-order valence-corrected chi connectivity index (χ0v) is 10.7. The second-order valence-electron chi connectivity index (χ2n) is 5.00. The molecular formula is C13H18N4O2. The molecule has 1 unspecified atom stereocenters. The van der Waals surface area contributed by atoms with Crippen molar-refractivity contribution < 1.29 is 10.2 Å². The molecule has 1 aliphatic rings. The van der Waals surface area contributed by atoms with E-state index in [2.05, 4.69) is 15.1 Å². The fourth-order valence-corrected chi connectivity index (χ4v) is 2.68. The molecule has 102 valence electrons. The Morgan fingerprint density at radius 3 is 2.79 bits per heavy atom. The Balaban J connectivity index is 1.75. The van der Waals surface area contributed by atoms with Gasteiger partial charge in [0.1, 0.15) is 0 Å². The fraction of sp³-hybridized carbons (Fsp3) is 0.538. The van der Waals surface area contributed by atoms with E-state index in [4.69, 9.17) is 5.11 Å². The summed E-state index contributed by atoms with van der Waals surface area (Å²) >= 11 is 0. The van der Waals surface area contributed by atoms with Crippen molar-refractivity contribution in [2.45, 2.75) is 18.9 Å². The largest absolute Gasteiger partial charge is 0.394 e. The number of nitrogens with zero attached hydrogens (tertiary/aromatic N) is 4. The van der Waals surface area contributed by atoms with Crippen molar-refractivity contribution in [3.8, 4) is 0 Å². The number of rotatable bonds is 3. The first-order valence-corrected chi connectivity index (χ1v) is 6.63. The molecule has 0 saturated carbocycles. The summed E-state index contributed by atoms with van der Waals surface area (Å²) in [5.74, 6) is 1.04. The zero-order valence-electron chi connectivity index (χ0n) is 10.7. The van der Waals surface area contributed by atoms with Crippen LogP contribution in [0.2, 0.25) is 0 Å². The van der Waals surface area contributed by atoms with Gasteiger partial charge in [0.25, 0.3) is 0 Å². The standard InChI is InChI=1S/C13H18N4O2/c18-9-11(19)10-4-7-16(8-5-10)13-15-14-12-3-1-2-6-17(12)13/h1-3,6,10-11,18-19H,4-5,7-9H2. The maximum absolute atomic E-state index is 9.67. The summed E-state index contributed by atoms with van der Waals surface area (Å²) in [6.45, 7) is 1.51. The van der Waals surface area contributed by atoms with Crippen molar-refractivity contribution >= 4 is 11.6 Å². The minimum atomic E-state index is -0.600. The minimum absolute atomic E-state index is 0.154. The first-order chi connectivity index (χ1) is 9.29. The van der Waals surface area contributed by atoms with Gasteiger partial charge in [0, 0.05) is 19.3 Å². The van der Waals surface area contributed by atoms with Crippen molar-refractivity contribution in [1.82, 2.24) is 14.6 Å². The first kappa shape index (κ1) is 12.4. The van der Waals surface area contributed by atoms with Crippen molar-refractivity contribution in [3.63, 3.8) is 0 Å². The van der Waals surface area contributed by atoms with Gasteiger partial charge in [-0.05, 0) is 30.9 Å². The normalized spacial score (nSPS) is 18.9. The molecule has 3 heterocycles. The summed E-state index contributed by atoms with van der Waals surface area (Å²) in [4.78, 5) is 2.18. The van der Waals surface area contributed by atoms with Crippen molar-refractivity contribution in [2.24, 2.45) is 5.92 Å². The molecule has 1 saturated heterocycles. The third-order valence-electron chi connectivity index (χ3n) is 3.85. The molecular weight excluding hydrogens is 244 g/mol. The van der Waals surface area contributed by atoms with E-state index in [-0.39, 0.29) is 12.5 Å². The number of aromatic nitrogens is 3. The Morgan fingerprint density at radius 2 is 2.05 bits per heavy atom. The van der Waals surface area contributed by atoms with Crippen LogP contribution in [0.1, 0.15) is 12.8 Å². The van der Waals surface area contributed by atoms with Crippen LogP contribution in [-0.4, -0.2) is 50.6 Å². The maximum Gasteiger partial charge on any atom is 0.231 e. The van der Waals surface area contributed by atoms with Gasteiger partial charge in [-0.2, -0.15) is 0 Å². The number of hydrogen-bond acceptors (Lipinski definition) is 5. The Kier molecular flexibility index (Phi) is 3.35. The van der Waals surface area contributed by atoms with Crippen LogP contribution in [0.25, 0.3) is 5.65 Å². The van der Waals surface area contributed by atoms with Crippen LogP contribution in [0.5, 0.6) is 0 Å². The van der Waals surface area contributed by atoms with Crippen molar-refractivity contribution in [2.75, 3.05) is 24.6 Å². The van der Waals surface area contributed by atoms with E-state index in [0.29, 0.717) is 0 Å². The highest BCUT2D eigenvalue weighted by molar-refractivity contribution is 5.46. The highest BCUT2D eigenvalue weighted by Gasteiger charge is 2.26. The molecule has 2 aromatic heterocycles. The van der Waals surface area contributed by atoms with Crippen LogP contribution in [0.3, 0.4) is 0 Å². The first-order valence-electron chi connectivity index (χ1n) is 6.63. The Bertz CT molecular complexity index is 548.